The molecule has 2 nitrogen and oxygen atoms in total. The lowest BCUT2D eigenvalue weighted by Crippen LogP contribution is -2.63. The number of fused-ring (bicyclic) bond motifs is 1. The number of rotatable bonds is 2. The fourth-order valence-corrected chi connectivity index (χ4v) is 3.76. The molecule has 18 heavy (non-hydrogen) atoms. The molecule has 0 bridgehead atoms. The van der Waals surface area contributed by atoms with Gasteiger partial charge in [-0.05, 0) is 40.5 Å². The highest BCUT2D eigenvalue weighted by Gasteiger charge is 2.59. The van der Waals surface area contributed by atoms with E-state index in [2.05, 4.69) is 35.1 Å². The Morgan fingerprint density at radius 2 is 2.22 bits per heavy atom. The summed E-state index contributed by atoms with van der Waals surface area (Å²) in [6.45, 7) is 5.33. The van der Waals surface area contributed by atoms with E-state index >= 15 is 0 Å². The van der Waals surface area contributed by atoms with Crippen molar-refractivity contribution in [3.05, 3.63) is 28.5 Å². The third-order valence-corrected chi connectivity index (χ3v) is 4.95. The van der Waals surface area contributed by atoms with Gasteiger partial charge in [0, 0.05) is 29.7 Å². The minimum atomic E-state index is -0.226. The molecule has 2 aliphatic rings. The van der Waals surface area contributed by atoms with Gasteiger partial charge in [0.1, 0.15) is 5.82 Å². The quantitative estimate of drug-likeness (QED) is 0.896. The van der Waals surface area contributed by atoms with Crippen LogP contribution in [0.1, 0.15) is 20.3 Å². The average molecular weight is 314 g/mol. The van der Waals surface area contributed by atoms with E-state index in [1.807, 2.05) is 0 Å². The highest BCUT2D eigenvalue weighted by Crippen LogP contribution is 2.53. The first-order valence-electron chi connectivity index (χ1n) is 6.33. The summed E-state index contributed by atoms with van der Waals surface area (Å²) in [5.74, 6) is 0.360. The Morgan fingerprint density at radius 1 is 1.44 bits per heavy atom. The van der Waals surface area contributed by atoms with Gasteiger partial charge in [-0.15, -0.1) is 0 Å². The molecular weight excluding hydrogens is 297 g/mol. The Hall–Kier alpha value is -0.610. The van der Waals surface area contributed by atoms with E-state index in [1.165, 1.54) is 6.07 Å². The Labute approximate surface area is 115 Å². The summed E-state index contributed by atoms with van der Waals surface area (Å²) in [7, 11) is 0. The molecule has 1 aliphatic heterocycles. The second-order valence-electron chi connectivity index (χ2n) is 5.82. The zero-order valence-corrected chi connectivity index (χ0v) is 12.1. The lowest BCUT2D eigenvalue weighted by atomic mass is 9.57. The van der Waals surface area contributed by atoms with Crippen LogP contribution in [0.15, 0.2) is 22.7 Å². The molecule has 2 fully saturated rings. The molecule has 1 saturated heterocycles. The largest absolute Gasteiger partial charge is 0.381 e. The smallest absolute Gasteiger partial charge is 0.137 e. The Bertz CT molecular complexity index is 477. The Balaban J connectivity index is 1.78. The van der Waals surface area contributed by atoms with Gasteiger partial charge in [-0.25, -0.2) is 4.39 Å². The first-order valence-corrected chi connectivity index (χ1v) is 7.12. The highest BCUT2D eigenvalue weighted by molar-refractivity contribution is 9.10. The SMILES string of the molecule is CC1(C)C(Nc2ccc(F)c(Br)c2)C2CCOC21. The van der Waals surface area contributed by atoms with E-state index in [1.54, 1.807) is 12.1 Å². The maximum Gasteiger partial charge on any atom is 0.137 e. The first kappa shape index (κ1) is 12.4. The van der Waals surface area contributed by atoms with Crippen molar-refractivity contribution in [3.63, 3.8) is 0 Å². The minimum absolute atomic E-state index is 0.141. The van der Waals surface area contributed by atoms with Crippen molar-refractivity contribution in [2.45, 2.75) is 32.4 Å². The van der Waals surface area contributed by atoms with Crippen molar-refractivity contribution in [2.24, 2.45) is 11.3 Å². The van der Waals surface area contributed by atoms with E-state index in [-0.39, 0.29) is 11.2 Å². The van der Waals surface area contributed by atoms with Crippen LogP contribution >= 0.6 is 15.9 Å². The van der Waals surface area contributed by atoms with Crippen LogP contribution in [-0.4, -0.2) is 18.8 Å². The van der Waals surface area contributed by atoms with Crippen LogP contribution < -0.4 is 5.32 Å². The summed E-state index contributed by atoms with van der Waals surface area (Å²) in [4.78, 5) is 0. The van der Waals surface area contributed by atoms with Crippen LogP contribution in [-0.2, 0) is 4.74 Å². The predicted octanol–water partition coefficient (Wildman–Crippen LogP) is 3.81. The van der Waals surface area contributed by atoms with Crippen LogP contribution in [0.25, 0.3) is 0 Å². The predicted molar refractivity (Wildman–Crippen MR) is 73.1 cm³/mol. The normalized spacial score (nSPS) is 32.8. The molecule has 98 valence electrons. The maximum absolute atomic E-state index is 13.2. The van der Waals surface area contributed by atoms with Gasteiger partial charge in [0.15, 0.2) is 0 Å². The first-order chi connectivity index (χ1) is 8.50. The number of nitrogens with one attached hydrogen (secondary N) is 1. The molecule has 0 aromatic heterocycles. The third-order valence-electron chi connectivity index (χ3n) is 4.34. The summed E-state index contributed by atoms with van der Waals surface area (Å²) >= 11 is 3.22. The van der Waals surface area contributed by atoms with Gasteiger partial charge in [0.25, 0.3) is 0 Å². The van der Waals surface area contributed by atoms with Gasteiger partial charge in [-0.2, -0.15) is 0 Å². The number of ether oxygens (including phenoxy) is 1. The Kier molecular flexibility index (Phi) is 2.90. The molecule has 0 spiro atoms. The molecule has 0 amide bonds. The summed E-state index contributed by atoms with van der Waals surface area (Å²) in [5.41, 5.74) is 1.11. The van der Waals surface area contributed by atoms with E-state index in [0.717, 1.165) is 18.7 Å². The van der Waals surface area contributed by atoms with Crippen molar-refractivity contribution in [3.8, 4) is 0 Å². The summed E-state index contributed by atoms with van der Waals surface area (Å²) in [6.07, 6.45) is 1.49. The fraction of sp³-hybridized carbons (Fsp3) is 0.571. The van der Waals surface area contributed by atoms with Crippen LogP contribution in [0, 0.1) is 17.2 Å². The molecule has 1 heterocycles. The van der Waals surface area contributed by atoms with Gasteiger partial charge in [-0.3, -0.25) is 0 Å². The van der Waals surface area contributed by atoms with Crippen molar-refractivity contribution in [1.29, 1.82) is 0 Å². The van der Waals surface area contributed by atoms with Crippen molar-refractivity contribution in [1.82, 2.24) is 0 Å². The van der Waals surface area contributed by atoms with Gasteiger partial charge in [-0.1, -0.05) is 13.8 Å². The molecule has 1 aromatic carbocycles. The van der Waals surface area contributed by atoms with Gasteiger partial charge < -0.3 is 10.1 Å². The van der Waals surface area contributed by atoms with E-state index in [9.17, 15) is 4.39 Å². The highest BCUT2D eigenvalue weighted by atomic mass is 79.9. The number of halogens is 2. The van der Waals surface area contributed by atoms with E-state index < -0.39 is 0 Å². The second-order valence-corrected chi connectivity index (χ2v) is 6.67. The number of benzene rings is 1. The molecule has 1 saturated carbocycles. The molecule has 1 aliphatic carbocycles. The molecular formula is C14H17BrFNO. The molecule has 1 N–H and O–H groups in total. The molecule has 3 unspecified atom stereocenters. The zero-order valence-electron chi connectivity index (χ0n) is 10.5. The van der Waals surface area contributed by atoms with Gasteiger partial charge in [0.05, 0.1) is 10.6 Å². The van der Waals surface area contributed by atoms with Crippen molar-refractivity contribution >= 4 is 21.6 Å². The lowest BCUT2D eigenvalue weighted by molar-refractivity contribution is -0.0923. The molecule has 4 heteroatoms. The number of hydrogen-bond donors (Lipinski definition) is 1. The third kappa shape index (κ3) is 1.77. The Morgan fingerprint density at radius 3 is 2.94 bits per heavy atom. The van der Waals surface area contributed by atoms with E-state index in [4.69, 9.17) is 4.74 Å². The second kappa shape index (κ2) is 4.20. The molecule has 0 radical (unpaired) electrons. The van der Waals surface area contributed by atoms with Crippen LogP contribution in [0.2, 0.25) is 0 Å². The van der Waals surface area contributed by atoms with Crippen LogP contribution in [0.5, 0.6) is 0 Å². The monoisotopic (exact) mass is 313 g/mol. The van der Waals surface area contributed by atoms with Crippen molar-refractivity contribution in [2.75, 3.05) is 11.9 Å². The average Bonchev–Trinajstić information content (AvgIpc) is 2.77. The van der Waals surface area contributed by atoms with Crippen molar-refractivity contribution < 1.29 is 9.13 Å². The lowest BCUT2D eigenvalue weighted by Gasteiger charge is -2.55. The molecule has 1 aromatic rings. The van der Waals surface area contributed by atoms with Crippen LogP contribution in [0.3, 0.4) is 0 Å². The minimum Gasteiger partial charge on any atom is -0.381 e. The topological polar surface area (TPSA) is 21.3 Å². The fourth-order valence-electron chi connectivity index (χ4n) is 3.38. The zero-order chi connectivity index (χ0) is 12.9. The number of hydrogen-bond acceptors (Lipinski definition) is 2. The maximum atomic E-state index is 13.2. The molecule has 3 rings (SSSR count). The van der Waals surface area contributed by atoms with E-state index in [0.29, 0.717) is 22.5 Å². The van der Waals surface area contributed by atoms with Crippen LogP contribution in [0.4, 0.5) is 10.1 Å². The number of anilines is 1. The molecule has 3 atom stereocenters. The standard InChI is InChI=1S/C14H17BrFNO/c1-14(2)12(9-5-6-18-13(9)14)17-8-3-4-11(16)10(15)7-8/h3-4,7,9,12-13,17H,5-6H2,1-2H3. The summed E-state index contributed by atoms with van der Waals surface area (Å²) in [6, 6.07) is 5.48. The summed E-state index contributed by atoms with van der Waals surface area (Å²) in [5, 5.41) is 3.53. The van der Waals surface area contributed by atoms with Gasteiger partial charge in [0.2, 0.25) is 0 Å². The van der Waals surface area contributed by atoms with Gasteiger partial charge >= 0.3 is 0 Å². The summed E-state index contributed by atoms with van der Waals surface area (Å²) < 4.78 is 19.5.